The number of nitrogens with zero attached hydrogens (tertiary/aromatic N) is 3. The van der Waals surface area contributed by atoms with E-state index in [-0.39, 0.29) is 5.41 Å². The van der Waals surface area contributed by atoms with Crippen molar-refractivity contribution in [1.29, 1.82) is 0 Å². The van der Waals surface area contributed by atoms with Crippen LogP contribution in [0.25, 0.3) is 53.6 Å². The average Bonchev–Trinajstić information content (AvgIpc) is 3.43. The minimum Gasteiger partial charge on any atom is -0.256 e. The van der Waals surface area contributed by atoms with Crippen LogP contribution in [0.3, 0.4) is 0 Å². The topological polar surface area (TPSA) is 38.1 Å². The normalized spacial score (nSPS) is 12.2. The average molecular weight is 548 g/mol. The third kappa shape index (κ3) is 4.71. The molecule has 41 heavy (non-hydrogen) atoms. The van der Waals surface area contributed by atoms with E-state index in [9.17, 15) is 0 Å². The van der Waals surface area contributed by atoms with Gasteiger partial charge in [-0.2, -0.15) is 0 Å². The summed E-state index contributed by atoms with van der Waals surface area (Å²) in [6, 6.07) is 38.2. The van der Waals surface area contributed by atoms with Gasteiger partial charge in [0.05, 0.1) is 21.4 Å². The second kappa shape index (κ2) is 10.1. The first-order valence-corrected chi connectivity index (χ1v) is 14.7. The standard InChI is InChI=1S/C37H29N3S/c1-37(2,3)27-21-31(29-18-9-13-25-15-10-20-38-34(25)29)35-33(22-27)41-36(40-35)30-17-6-7-19-32(30)39-23-26-14-8-12-24-11-4-5-16-28(24)26/h4-23H,1-3H3. The maximum absolute atomic E-state index is 5.27. The van der Waals surface area contributed by atoms with Gasteiger partial charge in [-0.3, -0.25) is 9.98 Å². The maximum Gasteiger partial charge on any atom is 0.126 e. The monoisotopic (exact) mass is 547 g/mol. The molecule has 2 aromatic heterocycles. The van der Waals surface area contributed by atoms with Crippen LogP contribution < -0.4 is 0 Å². The van der Waals surface area contributed by atoms with Gasteiger partial charge >= 0.3 is 0 Å². The molecule has 0 bridgehead atoms. The zero-order valence-electron chi connectivity index (χ0n) is 23.3. The molecule has 4 heteroatoms. The molecule has 0 spiro atoms. The predicted molar refractivity (Wildman–Crippen MR) is 176 cm³/mol. The first-order valence-electron chi connectivity index (χ1n) is 13.9. The Bertz CT molecular complexity index is 2090. The summed E-state index contributed by atoms with van der Waals surface area (Å²) in [6.07, 6.45) is 3.84. The van der Waals surface area contributed by atoms with Gasteiger partial charge < -0.3 is 0 Å². The summed E-state index contributed by atoms with van der Waals surface area (Å²) in [4.78, 5) is 15.0. The van der Waals surface area contributed by atoms with Gasteiger partial charge in [-0.1, -0.05) is 99.6 Å². The van der Waals surface area contributed by atoms with E-state index in [4.69, 9.17) is 15.0 Å². The van der Waals surface area contributed by atoms with E-state index in [1.807, 2.05) is 24.5 Å². The molecule has 7 aromatic rings. The lowest BCUT2D eigenvalue weighted by molar-refractivity contribution is 0.591. The van der Waals surface area contributed by atoms with Crippen LogP contribution in [0.5, 0.6) is 0 Å². The van der Waals surface area contributed by atoms with Crippen molar-refractivity contribution < 1.29 is 0 Å². The van der Waals surface area contributed by atoms with E-state index in [2.05, 4.69) is 118 Å². The molecule has 7 rings (SSSR count). The lowest BCUT2D eigenvalue weighted by Crippen LogP contribution is -2.11. The molecule has 0 radical (unpaired) electrons. The minimum atomic E-state index is -0.00817. The van der Waals surface area contributed by atoms with Crippen LogP contribution >= 0.6 is 11.3 Å². The van der Waals surface area contributed by atoms with E-state index in [0.717, 1.165) is 49.4 Å². The number of fused-ring (bicyclic) bond motifs is 3. The number of aromatic nitrogens is 2. The lowest BCUT2D eigenvalue weighted by Gasteiger charge is -2.20. The Balaban J connectivity index is 1.40. The Morgan fingerprint density at radius 3 is 2.32 bits per heavy atom. The highest BCUT2D eigenvalue weighted by molar-refractivity contribution is 7.21. The van der Waals surface area contributed by atoms with Crippen LogP contribution in [-0.2, 0) is 5.41 Å². The molecule has 0 amide bonds. The molecule has 0 fully saturated rings. The van der Waals surface area contributed by atoms with Gasteiger partial charge in [-0.15, -0.1) is 11.3 Å². The number of aliphatic imine (C=N–C) groups is 1. The molecule has 0 aliphatic rings. The highest BCUT2D eigenvalue weighted by Crippen LogP contribution is 2.42. The summed E-state index contributed by atoms with van der Waals surface area (Å²) in [5.41, 5.74) is 8.54. The molecule has 2 heterocycles. The van der Waals surface area contributed by atoms with Gasteiger partial charge in [-0.05, 0) is 52.1 Å². The van der Waals surface area contributed by atoms with Crippen molar-refractivity contribution in [3.05, 3.63) is 127 Å². The molecule has 0 saturated heterocycles. The van der Waals surface area contributed by atoms with Crippen molar-refractivity contribution in [2.24, 2.45) is 4.99 Å². The summed E-state index contributed by atoms with van der Waals surface area (Å²) in [5.74, 6) is 0. The van der Waals surface area contributed by atoms with Crippen LogP contribution in [0.2, 0.25) is 0 Å². The zero-order chi connectivity index (χ0) is 28.0. The number of benzene rings is 5. The van der Waals surface area contributed by atoms with Crippen LogP contribution in [0.4, 0.5) is 5.69 Å². The molecule has 0 N–H and O–H groups in total. The Kier molecular flexibility index (Phi) is 6.21. The molecule has 0 unspecified atom stereocenters. The molecule has 0 aliphatic heterocycles. The van der Waals surface area contributed by atoms with E-state index in [1.165, 1.54) is 21.0 Å². The molecule has 3 nitrogen and oxygen atoms in total. The van der Waals surface area contributed by atoms with Crippen molar-refractivity contribution >= 4 is 55.1 Å². The predicted octanol–water partition coefficient (Wildman–Crippen LogP) is 10.4. The fourth-order valence-electron chi connectivity index (χ4n) is 5.37. The van der Waals surface area contributed by atoms with E-state index >= 15 is 0 Å². The first-order chi connectivity index (χ1) is 20.0. The van der Waals surface area contributed by atoms with Crippen molar-refractivity contribution in [3.8, 4) is 21.7 Å². The summed E-state index contributed by atoms with van der Waals surface area (Å²) < 4.78 is 1.17. The number of hydrogen-bond acceptors (Lipinski definition) is 4. The smallest absolute Gasteiger partial charge is 0.126 e. The van der Waals surface area contributed by atoms with Crippen LogP contribution in [0.1, 0.15) is 31.9 Å². The molecular weight excluding hydrogens is 518 g/mol. The van der Waals surface area contributed by atoms with Crippen molar-refractivity contribution in [2.75, 3.05) is 0 Å². The Morgan fingerprint density at radius 2 is 1.41 bits per heavy atom. The zero-order valence-corrected chi connectivity index (χ0v) is 24.1. The van der Waals surface area contributed by atoms with Crippen molar-refractivity contribution in [2.45, 2.75) is 26.2 Å². The summed E-state index contributed by atoms with van der Waals surface area (Å²) in [7, 11) is 0. The van der Waals surface area contributed by atoms with E-state index in [1.54, 1.807) is 11.3 Å². The highest BCUT2D eigenvalue weighted by atomic mass is 32.1. The second-order valence-corrected chi connectivity index (χ2v) is 12.4. The largest absolute Gasteiger partial charge is 0.256 e. The van der Waals surface area contributed by atoms with Crippen molar-refractivity contribution in [1.82, 2.24) is 9.97 Å². The number of hydrogen-bond donors (Lipinski definition) is 0. The summed E-state index contributed by atoms with van der Waals surface area (Å²) in [6.45, 7) is 6.79. The number of para-hydroxylation sites is 2. The summed E-state index contributed by atoms with van der Waals surface area (Å²) >= 11 is 1.73. The number of thiazole rings is 1. The lowest BCUT2D eigenvalue weighted by atomic mass is 9.85. The molecule has 0 saturated carbocycles. The van der Waals surface area contributed by atoms with Gasteiger partial charge in [0.1, 0.15) is 5.01 Å². The first kappa shape index (κ1) is 25.3. The SMILES string of the molecule is CC(C)(C)c1cc(-c2cccc3cccnc23)c2nc(-c3ccccc3N=Cc3cccc4ccccc34)sc2c1. The van der Waals surface area contributed by atoms with Gasteiger partial charge in [0.2, 0.25) is 0 Å². The number of rotatable bonds is 4. The molecule has 198 valence electrons. The highest BCUT2D eigenvalue weighted by Gasteiger charge is 2.21. The van der Waals surface area contributed by atoms with E-state index in [0.29, 0.717) is 0 Å². The maximum atomic E-state index is 5.27. The molecular formula is C37H29N3S. The molecule has 5 aromatic carbocycles. The Labute approximate surface area is 243 Å². The van der Waals surface area contributed by atoms with Crippen LogP contribution in [0, 0.1) is 0 Å². The third-order valence-corrected chi connectivity index (χ3v) is 8.62. The fourth-order valence-corrected chi connectivity index (χ4v) is 6.44. The van der Waals surface area contributed by atoms with Crippen molar-refractivity contribution in [3.63, 3.8) is 0 Å². The second-order valence-electron chi connectivity index (χ2n) is 11.4. The van der Waals surface area contributed by atoms with Gasteiger partial charge in [0.25, 0.3) is 0 Å². The fraction of sp³-hybridized carbons (Fsp3) is 0.108. The quantitative estimate of drug-likeness (QED) is 0.206. The van der Waals surface area contributed by atoms with E-state index < -0.39 is 0 Å². The Hall–Kier alpha value is -4.67. The van der Waals surface area contributed by atoms with Gasteiger partial charge in [-0.25, -0.2) is 4.98 Å². The van der Waals surface area contributed by atoms with Gasteiger partial charge in [0.15, 0.2) is 0 Å². The third-order valence-electron chi connectivity index (χ3n) is 7.58. The van der Waals surface area contributed by atoms with Crippen LogP contribution in [-0.4, -0.2) is 16.2 Å². The molecule has 0 aliphatic carbocycles. The summed E-state index contributed by atoms with van der Waals surface area (Å²) in [5, 5.41) is 4.49. The van der Waals surface area contributed by atoms with Crippen LogP contribution in [0.15, 0.2) is 120 Å². The number of pyridine rings is 1. The molecule has 0 atom stereocenters. The minimum absolute atomic E-state index is 0.00817. The Morgan fingerprint density at radius 1 is 0.683 bits per heavy atom. The van der Waals surface area contributed by atoms with Gasteiger partial charge in [0, 0.05) is 40.1 Å².